The summed E-state index contributed by atoms with van der Waals surface area (Å²) >= 11 is 7.19. The lowest BCUT2D eigenvalue weighted by Crippen LogP contribution is -1.86. The van der Waals surface area contributed by atoms with Crippen molar-refractivity contribution in [3.8, 4) is 0 Å². The minimum Gasteiger partial charge on any atom is -0.389 e. The topological polar surface area (TPSA) is 20.2 Å². The molecule has 0 fully saturated rings. The molecule has 1 heterocycles. The van der Waals surface area contributed by atoms with Gasteiger partial charge in [-0.2, -0.15) is 11.3 Å². The third-order valence-electron chi connectivity index (χ3n) is 1.09. The van der Waals surface area contributed by atoms with E-state index in [1.165, 1.54) is 11.3 Å². The van der Waals surface area contributed by atoms with Crippen LogP contribution < -0.4 is 0 Å². The molecule has 0 aliphatic heterocycles. The Morgan fingerprint density at radius 2 is 2.33 bits per heavy atom. The Morgan fingerprint density at radius 1 is 1.67 bits per heavy atom. The first-order valence-corrected chi connectivity index (χ1v) is 3.93. The molecule has 0 radical (unpaired) electrons. The van der Waals surface area contributed by atoms with Crippen molar-refractivity contribution in [1.82, 2.24) is 0 Å². The lowest BCUT2D eigenvalue weighted by molar-refractivity contribution is 0.200. The monoisotopic (exact) mass is 162 g/mol. The fourth-order valence-electron chi connectivity index (χ4n) is 0.589. The van der Waals surface area contributed by atoms with Gasteiger partial charge in [-0.15, -0.1) is 0 Å². The van der Waals surface area contributed by atoms with Crippen LogP contribution in [0.5, 0.6) is 0 Å². The van der Waals surface area contributed by atoms with Crippen LogP contribution in [0.3, 0.4) is 0 Å². The van der Waals surface area contributed by atoms with Gasteiger partial charge in [0.05, 0.1) is 11.1 Å². The summed E-state index contributed by atoms with van der Waals surface area (Å²) in [6, 6.07) is 0. The van der Waals surface area contributed by atoms with E-state index >= 15 is 0 Å². The largest absolute Gasteiger partial charge is 0.389 e. The van der Waals surface area contributed by atoms with Crippen molar-refractivity contribution in [1.29, 1.82) is 0 Å². The summed E-state index contributed by atoms with van der Waals surface area (Å²) in [5.41, 5.74) is 0.821. The summed E-state index contributed by atoms with van der Waals surface area (Å²) in [4.78, 5) is 0. The molecule has 1 nitrogen and oxygen atoms in total. The number of aliphatic hydroxyl groups excluding tert-OH is 1. The van der Waals surface area contributed by atoms with Gasteiger partial charge in [0, 0.05) is 10.9 Å². The average Bonchev–Trinajstić information content (AvgIpc) is 2.13. The van der Waals surface area contributed by atoms with E-state index in [-0.39, 0.29) is 0 Å². The van der Waals surface area contributed by atoms with Crippen molar-refractivity contribution in [2.24, 2.45) is 0 Å². The summed E-state index contributed by atoms with van der Waals surface area (Å²) < 4.78 is 0. The van der Waals surface area contributed by atoms with E-state index in [0.717, 1.165) is 5.56 Å². The summed E-state index contributed by atoms with van der Waals surface area (Å²) in [5, 5.41) is 13.3. The van der Waals surface area contributed by atoms with E-state index in [9.17, 15) is 0 Å². The van der Waals surface area contributed by atoms with Crippen LogP contribution in [0.15, 0.2) is 10.8 Å². The third kappa shape index (κ3) is 1.45. The molecule has 0 aliphatic carbocycles. The lowest BCUT2D eigenvalue weighted by Gasteiger charge is -1.98. The van der Waals surface area contributed by atoms with Crippen LogP contribution in [-0.2, 0) is 0 Å². The minimum atomic E-state index is -0.441. The molecule has 1 aromatic heterocycles. The molecule has 0 saturated heterocycles. The Kier molecular flexibility index (Phi) is 2.11. The predicted octanol–water partition coefficient (Wildman–Crippen LogP) is 2.45. The van der Waals surface area contributed by atoms with Gasteiger partial charge in [0.25, 0.3) is 0 Å². The van der Waals surface area contributed by atoms with E-state index in [4.69, 9.17) is 16.7 Å². The molecular weight excluding hydrogens is 156 g/mol. The second kappa shape index (κ2) is 2.69. The van der Waals surface area contributed by atoms with Crippen LogP contribution in [0.25, 0.3) is 0 Å². The van der Waals surface area contributed by atoms with Crippen molar-refractivity contribution in [2.75, 3.05) is 0 Å². The lowest BCUT2D eigenvalue weighted by atomic mass is 10.2. The van der Waals surface area contributed by atoms with Gasteiger partial charge in [-0.05, 0) is 12.3 Å². The second-order valence-corrected chi connectivity index (χ2v) is 3.00. The molecule has 3 heteroatoms. The fourth-order valence-corrected chi connectivity index (χ4v) is 1.81. The van der Waals surface area contributed by atoms with Crippen LogP contribution in [0.4, 0.5) is 0 Å². The minimum absolute atomic E-state index is 0.441. The molecule has 1 atom stereocenters. The van der Waals surface area contributed by atoms with Crippen molar-refractivity contribution in [2.45, 2.75) is 13.0 Å². The Balaban J connectivity index is 2.94. The summed E-state index contributed by atoms with van der Waals surface area (Å²) in [5.74, 6) is 0. The van der Waals surface area contributed by atoms with Gasteiger partial charge in [-0.3, -0.25) is 0 Å². The molecule has 1 aromatic rings. The highest BCUT2D eigenvalue weighted by Crippen LogP contribution is 2.25. The van der Waals surface area contributed by atoms with Crippen molar-refractivity contribution >= 4 is 22.9 Å². The Hall–Kier alpha value is -0.0500. The smallest absolute Gasteiger partial charge is 0.0784 e. The highest BCUT2D eigenvalue weighted by atomic mass is 35.5. The highest BCUT2D eigenvalue weighted by Gasteiger charge is 2.05. The molecule has 0 aliphatic rings. The van der Waals surface area contributed by atoms with Gasteiger partial charge in [-0.25, -0.2) is 0 Å². The highest BCUT2D eigenvalue weighted by molar-refractivity contribution is 7.08. The number of hydrogen-bond acceptors (Lipinski definition) is 2. The average molecular weight is 163 g/mol. The van der Waals surface area contributed by atoms with Crippen LogP contribution in [-0.4, -0.2) is 5.11 Å². The molecular formula is C6H7ClOS. The number of hydrogen-bond donors (Lipinski definition) is 1. The zero-order valence-corrected chi connectivity index (χ0v) is 6.54. The van der Waals surface area contributed by atoms with Gasteiger partial charge >= 0.3 is 0 Å². The molecule has 9 heavy (non-hydrogen) atoms. The van der Waals surface area contributed by atoms with Gasteiger partial charge < -0.3 is 5.11 Å². The number of halogens is 1. The molecule has 0 aromatic carbocycles. The van der Waals surface area contributed by atoms with Crippen LogP contribution in [0, 0.1) is 0 Å². The SMILES string of the molecule is C[C@@H](O)c1cscc1Cl. The van der Waals surface area contributed by atoms with E-state index in [1.54, 1.807) is 6.92 Å². The number of thiophene rings is 1. The van der Waals surface area contributed by atoms with E-state index in [0.29, 0.717) is 5.02 Å². The first kappa shape index (κ1) is 7.06. The zero-order valence-electron chi connectivity index (χ0n) is 4.97. The van der Waals surface area contributed by atoms with E-state index < -0.39 is 6.10 Å². The van der Waals surface area contributed by atoms with Gasteiger partial charge in [0.15, 0.2) is 0 Å². The number of aliphatic hydroxyl groups is 1. The van der Waals surface area contributed by atoms with Gasteiger partial charge in [-0.1, -0.05) is 11.6 Å². The summed E-state index contributed by atoms with van der Waals surface area (Å²) in [7, 11) is 0. The summed E-state index contributed by atoms with van der Waals surface area (Å²) in [6.45, 7) is 1.70. The summed E-state index contributed by atoms with van der Waals surface area (Å²) in [6.07, 6.45) is -0.441. The molecule has 0 spiro atoms. The first-order chi connectivity index (χ1) is 4.22. The molecule has 1 rings (SSSR count). The molecule has 50 valence electrons. The van der Waals surface area contributed by atoms with Crippen LogP contribution >= 0.6 is 22.9 Å². The van der Waals surface area contributed by atoms with Gasteiger partial charge in [0.2, 0.25) is 0 Å². The van der Waals surface area contributed by atoms with Gasteiger partial charge in [0.1, 0.15) is 0 Å². The Morgan fingerprint density at radius 3 is 2.56 bits per heavy atom. The fraction of sp³-hybridized carbons (Fsp3) is 0.333. The number of rotatable bonds is 1. The standard InChI is InChI=1S/C6H7ClOS/c1-4(8)5-2-9-3-6(5)7/h2-4,8H,1H3/t4-/m1/s1. The third-order valence-corrected chi connectivity index (χ3v) is 2.31. The maximum Gasteiger partial charge on any atom is 0.0784 e. The molecule has 0 unspecified atom stereocenters. The van der Waals surface area contributed by atoms with Crippen molar-refractivity contribution in [3.05, 3.63) is 21.3 Å². The quantitative estimate of drug-likeness (QED) is 0.673. The van der Waals surface area contributed by atoms with E-state index in [1.807, 2.05) is 10.8 Å². The predicted molar refractivity (Wildman–Crippen MR) is 40.0 cm³/mol. The Bertz CT molecular complexity index is 195. The Labute approximate surface area is 62.9 Å². The first-order valence-electron chi connectivity index (χ1n) is 2.61. The van der Waals surface area contributed by atoms with Crippen molar-refractivity contribution in [3.63, 3.8) is 0 Å². The molecule has 0 bridgehead atoms. The maximum absolute atomic E-state index is 9.02. The molecule has 1 N–H and O–H groups in total. The van der Waals surface area contributed by atoms with Crippen LogP contribution in [0.2, 0.25) is 5.02 Å². The normalized spacial score (nSPS) is 13.7. The zero-order chi connectivity index (χ0) is 6.85. The second-order valence-electron chi connectivity index (χ2n) is 1.85. The van der Waals surface area contributed by atoms with Crippen LogP contribution in [0.1, 0.15) is 18.6 Å². The molecule has 0 amide bonds. The maximum atomic E-state index is 9.02. The van der Waals surface area contributed by atoms with Crippen molar-refractivity contribution < 1.29 is 5.11 Å². The molecule has 0 saturated carbocycles. The van der Waals surface area contributed by atoms with E-state index in [2.05, 4.69) is 0 Å².